The number of halogens is 1. The van der Waals surface area contributed by atoms with Crippen molar-refractivity contribution in [1.29, 1.82) is 5.26 Å². The minimum Gasteiger partial charge on any atom is -0.493 e. The molecule has 138 valence electrons. The first-order valence-corrected chi connectivity index (χ1v) is 8.07. The molecule has 0 spiro atoms. The van der Waals surface area contributed by atoms with E-state index in [1.165, 1.54) is 38.5 Å². The molecule has 0 unspecified atom stereocenters. The summed E-state index contributed by atoms with van der Waals surface area (Å²) >= 11 is 0. The van der Waals surface area contributed by atoms with E-state index < -0.39 is 11.7 Å². The number of carbonyl (C=O) groups excluding carboxylic acids is 1. The maximum absolute atomic E-state index is 13.7. The molecule has 6 heteroatoms. The van der Waals surface area contributed by atoms with Crippen molar-refractivity contribution < 1.29 is 18.7 Å². The number of hydrogen-bond acceptors (Lipinski definition) is 4. The molecule has 0 aromatic heterocycles. The van der Waals surface area contributed by atoms with Gasteiger partial charge in [0.25, 0.3) is 5.91 Å². The van der Waals surface area contributed by atoms with Crippen LogP contribution in [0.15, 0.2) is 54.6 Å². The van der Waals surface area contributed by atoms with Crippen molar-refractivity contribution in [2.24, 2.45) is 0 Å². The summed E-state index contributed by atoms with van der Waals surface area (Å²) in [6.45, 7) is 3.71. The lowest BCUT2D eigenvalue weighted by atomic mass is 10.0. The third-order valence-electron chi connectivity index (χ3n) is 3.74. The van der Waals surface area contributed by atoms with Crippen molar-refractivity contribution in [1.82, 2.24) is 0 Å². The van der Waals surface area contributed by atoms with Crippen molar-refractivity contribution in [3.05, 3.63) is 71.6 Å². The van der Waals surface area contributed by atoms with Crippen LogP contribution < -0.4 is 14.8 Å². The zero-order valence-electron chi connectivity index (χ0n) is 15.1. The Morgan fingerprint density at radius 2 is 2.04 bits per heavy atom. The first kappa shape index (κ1) is 19.7. The Morgan fingerprint density at radius 3 is 2.63 bits per heavy atom. The van der Waals surface area contributed by atoms with E-state index >= 15 is 0 Å². The molecule has 27 heavy (non-hydrogen) atoms. The van der Waals surface area contributed by atoms with Crippen LogP contribution in [0.5, 0.6) is 11.5 Å². The number of amides is 1. The fraction of sp³-hybridized carbons (Fsp3) is 0.143. The number of rotatable bonds is 7. The quantitative estimate of drug-likeness (QED) is 0.455. The van der Waals surface area contributed by atoms with Crippen LogP contribution in [0.25, 0.3) is 6.08 Å². The van der Waals surface area contributed by atoms with Gasteiger partial charge in [-0.2, -0.15) is 5.26 Å². The summed E-state index contributed by atoms with van der Waals surface area (Å²) in [7, 11) is 3.03. The highest BCUT2D eigenvalue weighted by Crippen LogP contribution is 2.34. The smallest absolute Gasteiger partial charge is 0.266 e. The number of anilines is 1. The van der Waals surface area contributed by atoms with Crippen molar-refractivity contribution >= 4 is 17.7 Å². The van der Waals surface area contributed by atoms with E-state index in [0.29, 0.717) is 23.5 Å². The number of carbonyl (C=O) groups is 1. The number of benzene rings is 2. The van der Waals surface area contributed by atoms with Crippen LogP contribution in [0.1, 0.15) is 11.1 Å². The van der Waals surface area contributed by atoms with Crippen molar-refractivity contribution in [2.75, 3.05) is 19.5 Å². The van der Waals surface area contributed by atoms with Gasteiger partial charge >= 0.3 is 0 Å². The number of allylic oxidation sites excluding steroid dienone is 1. The molecule has 0 aliphatic heterocycles. The van der Waals surface area contributed by atoms with E-state index in [2.05, 4.69) is 11.9 Å². The van der Waals surface area contributed by atoms with Crippen LogP contribution >= 0.6 is 0 Å². The van der Waals surface area contributed by atoms with Gasteiger partial charge in [0.05, 0.1) is 19.9 Å². The number of nitrogens with zero attached hydrogens (tertiary/aromatic N) is 1. The monoisotopic (exact) mass is 366 g/mol. The second-order valence-electron chi connectivity index (χ2n) is 5.51. The Morgan fingerprint density at radius 1 is 1.30 bits per heavy atom. The third kappa shape index (κ3) is 4.73. The molecule has 0 heterocycles. The summed E-state index contributed by atoms with van der Waals surface area (Å²) in [5.74, 6) is -0.260. The van der Waals surface area contributed by atoms with Crippen LogP contribution in [0.4, 0.5) is 10.1 Å². The van der Waals surface area contributed by atoms with Gasteiger partial charge in [-0.05, 0) is 42.3 Å². The van der Waals surface area contributed by atoms with Crippen molar-refractivity contribution in [2.45, 2.75) is 6.42 Å². The summed E-state index contributed by atoms with van der Waals surface area (Å²) in [4.78, 5) is 12.3. The molecule has 0 fully saturated rings. The molecule has 1 amide bonds. The van der Waals surface area contributed by atoms with Crippen molar-refractivity contribution in [3.8, 4) is 17.6 Å². The van der Waals surface area contributed by atoms with Crippen LogP contribution in [0.3, 0.4) is 0 Å². The van der Waals surface area contributed by atoms with E-state index in [4.69, 9.17) is 9.47 Å². The molecule has 0 saturated heterocycles. The predicted octanol–water partition coefficient (Wildman–Crippen LogP) is 4.12. The van der Waals surface area contributed by atoms with Crippen LogP contribution in [0, 0.1) is 17.1 Å². The van der Waals surface area contributed by atoms with Gasteiger partial charge in [0.15, 0.2) is 11.5 Å². The van der Waals surface area contributed by atoms with Crippen LogP contribution in [-0.2, 0) is 11.2 Å². The zero-order valence-corrected chi connectivity index (χ0v) is 15.1. The van der Waals surface area contributed by atoms with Gasteiger partial charge in [0.2, 0.25) is 0 Å². The van der Waals surface area contributed by atoms with E-state index in [0.717, 1.165) is 5.56 Å². The number of nitriles is 1. The Kier molecular flexibility index (Phi) is 6.73. The molecule has 0 radical (unpaired) electrons. The highest BCUT2D eigenvalue weighted by atomic mass is 19.1. The maximum atomic E-state index is 13.7. The summed E-state index contributed by atoms with van der Waals surface area (Å²) in [5, 5.41) is 11.8. The molecular weight excluding hydrogens is 347 g/mol. The maximum Gasteiger partial charge on any atom is 0.266 e. The molecule has 0 saturated carbocycles. The number of hydrogen-bond donors (Lipinski definition) is 1. The van der Waals surface area contributed by atoms with Crippen molar-refractivity contribution in [3.63, 3.8) is 0 Å². The number of nitrogens with one attached hydrogen (secondary N) is 1. The van der Waals surface area contributed by atoms with Crippen LogP contribution in [-0.4, -0.2) is 20.1 Å². The minimum absolute atomic E-state index is 0.00306. The molecule has 2 aromatic carbocycles. The van der Waals surface area contributed by atoms with Gasteiger partial charge in [0, 0.05) is 5.56 Å². The SMILES string of the molecule is C=CCc1cc(/C=C(/C#N)C(=O)Nc2ccccc2F)cc(OC)c1OC. The topological polar surface area (TPSA) is 71.4 Å². The summed E-state index contributed by atoms with van der Waals surface area (Å²) in [6, 6.07) is 11.0. The van der Waals surface area contributed by atoms with E-state index in [1.54, 1.807) is 24.3 Å². The highest BCUT2D eigenvalue weighted by Gasteiger charge is 2.15. The number of para-hydroxylation sites is 1. The average molecular weight is 366 g/mol. The summed E-state index contributed by atoms with van der Waals surface area (Å²) < 4.78 is 24.4. The average Bonchev–Trinajstić information content (AvgIpc) is 2.67. The Balaban J connectivity index is 2.40. The number of ether oxygens (including phenoxy) is 2. The lowest BCUT2D eigenvalue weighted by Crippen LogP contribution is -2.14. The first-order valence-electron chi connectivity index (χ1n) is 8.07. The van der Waals surface area contributed by atoms with Gasteiger partial charge in [-0.1, -0.05) is 18.2 Å². The fourth-order valence-electron chi connectivity index (χ4n) is 2.52. The summed E-state index contributed by atoms with van der Waals surface area (Å²) in [5.41, 5.74) is 1.20. The second kappa shape index (κ2) is 9.20. The summed E-state index contributed by atoms with van der Waals surface area (Å²) in [6.07, 6.45) is 3.64. The molecule has 2 aromatic rings. The predicted molar refractivity (Wildman–Crippen MR) is 102 cm³/mol. The number of methoxy groups -OCH3 is 2. The Hall–Kier alpha value is -3.59. The van der Waals surface area contributed by atoms with Gasteiger partial charge in [-0.25, -0.2) is 4.39 Å². The van der Waals surface area contributed by atoms with Gasteiger partial charge in [-0.15, -0.1) is 6.58 Å². The standard InChI is InChI=1S/C21H19FN2O3/c1-4-7-15-10-14(12-19(26-2)20(15)27-3)11-16(13-23)21(25)24-18-9-6-5-8-17(18)22/h4-6,8-12H,1,7H2,2-3H3,(H,24,25)/b16-11-. The van der Waals surface area contributed by atoms with E-state index in [-0.39, 0.29) is 11.3 Å². The van der Waals surface area contributed by atoms with Gasteiger partial charge in [0.1, 0.15) is 17.5 Å². The molecule has 0 atom stereocenters. The van der Waals surface area contributed by atoms with E-state index in [1.807, 2.05) is 6.07 Å². The van der Waals surface area contributed by atoms with Gasteiger partial charge in [-0.3, -0.25) is 4.79 Å². The molecule has 0 aliphatic carbocycles. The molecule has 5 nitrogen and oxygen atoms in total. The molecule has 0 bridgehead atoms. The Bertz CT molecular complexity index is 930. The largest absolute Gasteiger partial charge is 0.493 e. The molecule has 0 aliphatic rings. The molecule has 1 N–H and O–H groups in total. The van der Waals surface area contributed by atoms with Gasteiger partial charge < -0.3 is 14.8 Å². The van der Waals surface area contributed by atoms with E-state index in [9.17, 15) is 14.4 Å². The van der Waals surface area contributed by atoms with Crippen LogP contribution in [0.2, 0.25) is 0 Å². The fourth-order valence-corrected chi connectivity index (χ4v) is 2.52. The highest BCUT2D eigenvalue weighted by molar-refractivity contribution is 6.09. The Labute approximate surface area is 157 Å². The lowest BCUT2D eigenvalue weighted by molar-refractivity contribution is -0.112. The lowest BCUT2D eigenvalue weighted by Gasteiger charge is -2.13. The third-order valence-corrected chi connectivity index (χ3v) is 3.74. The molecular formula is C21H19FN2O3. The minimum atomic E-state index is -0.706. The molecule has 2 rings (SSSR count). The zero-order chi connectivity index (χ0) is 19.8. The first-order chi connectivity index (χ1) is 13.0. The second-order valence-corrected chi connectivity index (χ2v) is 5.51. The normalized spacial score (nSPS) is 10.7.